The lowest BCUT2D eigenvalue weighted by molar-refractivity contribution is 0.0950. The van der Waals surface area contributed by atoms with E-state index in [4.69, 9.17) is 0 Å². The molecular formula is C19H22N4O3. The summed E-state index contributed by atoms with van der Waals surface area (Å²) < 4.78 is 0. The second-order valence-electron chi connectivity index (χ2n) is 6.08. The number of hydrogen-bond acceptors (Lipinski definition) is 5. The van der Waals surface area contributed by atoms with E-state index in [0.717, 1.165) is 6.54 Å². The van der Waals surface area contributed by atoms with E-state index in [1.807, 2.05) is 19.0 Å². The molecule has 0 aliphatic carbocycles. The molecule has 2 rings (SSSR count). The number of anilines is 1. The Hall–Kier alpha value is -3.06. The van der Waals surface area contributed by atoms with Crippen molar-refractivity contribution in [3.8, 4) is 0 Å². The Morgan fingerprint density at radius 2 is 1.69 bits per heavy atom. The van der Waals surface area contributed by atoms with Gasteiger partial charge in [0.1, 0.15) is 5.69 Å². The summed E-state index contributed by atoms with van der Waals surface area (Å²) in [6.45, 7) is 2.71. The fraction of sp³-hybridized carbons (Fsp3) is 0.263. The Morgan fingerprint density at radius 1 is 1.00 bits per heavy atom. The zero-order valence-electron chi connectivity index (χ0n) is 15.1. The maximum atomic E-state index is 12.3. The third-order valence-corrected chi connectivity index (χ3v) is 3.65. The number of nitrogens with zero attached hydrogens (tertiary/aromatic N) is 2. The lowest BCUT2D eigenvalue weighted by Gasteiger charge is -2.11. The van der Waals surface area contributed by atoms with Crippen molar-refractivity contribution in [3.05, 3.63) is 59.4 Å². The average Bonchev–Trinajstić information content (AvgIpc) is 2.62. The molecule has 0 saturated carbocycles. The summed E-state index contributed by atoms with van der Waals surface area (Å²) in [6.07, 6.45) is 1.43. The number of aromatic nitrogens is 1. The molecule has 0 fully saturated rings. The summed E-state index contributed by atoms with van der Waals surface area (Å²) in [5, 5.41) is 5.49. The Bertz CT molecular complexity index is 801. The minimum absolute atomic E-state index is 0.0440. The number of carbonyl (C=O) groups excluding carboxylic acids is 3. The number of carbonyl (C=O) groups is 3. The van der Waals surface area contributed by atoms with Crippen LogP contribution >= 0.6 is 0 Å². The molecule has 0 unspecified atom stereocenters. The van der Waals surface area contributed by atoms with Crippen molar-refractivity contribution < 1.29 is 14.4 Å². The minimum Gasteiger partial charge on any atom is -0.351 e. The molecule has 0 atom stereocenters. The number of likely N-dealkylation sites (N-methyl/N-ethyl adjacent to an activating group) is 1. The predicted molar refractivity (Wildman–Crippen MR) is 99.5 cm³/mol. The van der Waals surface area contributed by atoms with E-state index in [9.17, 15) is 14.4 Å². The molecule has 1 aromatic heterocycles. The van der Waals surface area contributed by atoms with Gasteiger partial charge in [0.05, 0.1) is 0 Å². The maximum Gasteiger partial charge on any atom is 0.274 e. The van der Waals surface area contributed by atoms with Crippen molar-refractivity contribution >= 4 is 23.3 Å². The number of pyridine rings is 1. The molecule has 7 nitrogen and oxygen atoms in total. The molecule has 1 aromatic carbocycles. The van der Waals surface area contributed by atoms with Crippen LogP contribution in [-0.4, -0.2) is 54.7 Å². The van der Waals surface area contributed by atoms with Crippen LogP contribution in [0.3, 0.4) is 0 Å². The molecule has 0 radical (unpaired) electrons. The van der Waals surface area contributed by atoms with Gasteiger partial charge in [-0.2, -0.15) is 0 Å². The van der Waals surface area contributed by atoms with Crippen LogP contribution in [0.5, 0.6) is 0 Å². The van der Waals surface area contributed by atoms with Gasteiger partial charge in [-0.25, -0.2) is 0 Å². The molecule has 1 heterocycles. The van der Waals surface area contributed by atoms with Crippen molar-refractivity contribution in [1.82, 2.24) is 15.2 Å². The fourth-order valence-electron chi connectivity index (χ4n) is 2.17. The Balaban J connectivity index is 2.03. The third kappa shape index (κ3) is 5.49. The van der Waals surface area contributed by atoms with Crippen LogP contribution in [0.25, 0.3) is 0 Å². The highest BCUT2D eigenvalue weighted by atomic mass is 16.2. The smallest absolute Gasteiger partial charge is 0.274 e. The van der Waals surface area contributed by atoms with Crippen molar-refractivity contribution in [3.63, 3.8) is 0 Å². The number of rotatable bonds is 7. The maximum absolute atomic E-state index is 12.3. The van der Waals surface area contributed by atoms with Gasteiger partial charge in [-0.1, -0.05) is 0 Å². The molecule has 0 spiro atoms. The number of amides is 2. The van der Waals surface area contributed by atoms with Crippen LogP contribution in [0.15, 0.2) is 42.6 Å². The van der Waals surface area contributed by atoms with Crippen molar-refractivity contribution in [1.29, 1.82) is 0 Å². The van der Waals surface area contributed by atoms with Crippen molar-refractivity contribution in [2.24, 2.45) is 0 Å². The first kappa shape index (κ1) is 19.3. The molecule has 0 saturated heterocycles. The summed E-state index contributed by atoms with van der Waals surface area (Å²) in [6, 6.07) is 9.58. The summed E-state index contributed by atoms with van der Waals surface area (Å²) in [7, 11) is 3.84. The van der Waals surface area contributed by atoms with Gasteiger partial charge >= 0.3 is 0 Å². The second-order valence-corrected chi connectivity index (χ2v) is 6.08. The molecular weight excluding hydrogens is 332 g/mol. The number of benzene rings is 1. The van der Waals surface area contributed by atoms with Gasteiger partial charge in [0.25, 0.3) is 11.8 Å². The topological polar surface area (TPSA) is 91.4 Å². The Kier molecular flexibility index (Phi) is 6.57. The largest absolute Gasteiger partial charge is 0.351 e. The zero-order chi connectivity index (χ0) is 19.1. The third-order valence-electron chi connectivity index (χ3n) is 3.65. The van der Waals surface area contributed by atoms with E-state index < -0.39 is 5.91 Å². The van der Waals surface area contributed by atoms with E-state index in [1.54, 1.807) is 30.3 Å². The molecule has 0 aliphatic heterocycles. The van der Waals surface area contributed by atoms with Crippen LogP contribution in [0.1, 0.15) is 38.1 Å². The molecule has 0 bridgehead atoms. The predicted octanol–water partition coefficient (Wildman–Crippen LogP) is 1.83. The Morgan fingerprint density at radius 3 is 2.31 bits per heavy atom. The van der Waals surface area contributed by atoms with Crippen LogP contribution in [0, 0.1) is 0 Å². The lowest BCUT2D eigenvalue weighted by Crippen LogP contribution is -2.31. The fourth-order valence-corrected chi connectivity index (χ4v) is 2.17. The summed E-state index contributed by atoms with van der Waals surface area (Å²) >= 11 is 0. The molecule has 26 heavy (non-hydrogen) atoms. The van der Waals surface area contributed by atoms with Gasteiger partial charge in [-0.05, 0) is 57.4 Å². The molecule has 2 N–H and O–H groups in total. The first-order chi connectivity index (χ1) is 12.4. The standard InChI is InChI=1S/C19H22N4O3/c1-13(24)14-4-6-16(7-5-14)22-19(26)17-12-15(8-9-20-17)18(25)21-10-11-23(2)3/h4-9,12H,10-11H2,1-3H3,(H,21,25)(H,22,26). The normalized spacial score (nSPS) is 10.5. The van der Waals surface area contributed by atoms with Gasteiger partial charge in [0.15, 0.2) is 5.78 Å². The highest BCUT2D eigenvalue weighted by Gasteiger charge is 2.12. The van der Waals surface area contributed by atoms with Crippen molar-refractivity contribution in [2.45, 2.75) is 6.92 Å². The van der Waals surface area contributed by atoms with E-state index in [-0.39, 0.29) is 17.4 Å². The van der Waals surface area contributed by atoms with Gasteiger partial charge in [0.2, 0.25) is 0 Å². The van der Waals surface area contributed by atoms with E-state index in [0.29, 0.717) is 23.4 Å². The molecule has 0 aliphatic rings. The monoisotopic (exact) mass is 354 g/mol. The van der Waals surface area contributed by atoms with Gasteiger partial charge in [-0.3, -0.25) is 19.4 Å². The first-order valence-corrected chi connectivity index (χ1v) is 8.18. The molecule has 2 aromatic rings. The first-order valence-electron chi connectivity index (χ1n) is 8.18. The highest BCUT2D eigenvalue weighted by molar-refractivity contribution is 6.05. The summed E-state index contributed by atoms with van der Waals surface area (Å²) in [5.74, 6) is -0.727. The van der Waals surface area contributed by atoms with Gasteiger partial charge in [-0.15, -0.1) is 0 Å². The van der Waals surface area contributed by atoms with Crippen LogP contribution in [0.2, 0.25) is 0 Å². The summed E-state index contributed by atoms with van der Waals surface area (Å²) in [4.78, 5) is 41.7. The zero-order valence-corrected chi connectivity index (χ0v) is 15.1. The van der Waals surface area contributed by atoms with Crippen LogP contribution in [-0.2, 0) is 0 Å². The summed E-state index contributed by atoms with van der Waals surface area (Å²) in [5.41, 5.74) is 1.62. The SMILES string of the molecule is CC(=O)c1ccc(NC(=O)c2cc(C(=O)NCCN(C)C)ccn2)cc1. The second kappa shape index (κ2) is 8.87. The Labute approximate surface area is 152 Å². The number of nitrogens with one attached hydrogen (secondary N) is 2. The van der Waals surface area contributed by atoms with Gasteiger partial charge < -0.3 is 15.5 Å². The van der Waals surface area contributed by atoms with E-state index in [1.165, 1.54) is 19.2 Å². The molecule has 7 heteroatoms. The number of hydrogen-bond donors (Lipinski definition) is 2. The number of ketones is 1. The quantitative estimate of drug-likeness (QED) is 0.740. The van der Waals surface area contributed by atoms with Crippen LogP contribution < -0.4 is 10.6 Å². The highest BCUT2D eigenvalue weighted by Crippen LogP contribution is 2.12. The minimum atomic E-state index is -0.427. The number of Topliss-reactive ketones (excluding diaryl/α,β-unsaturated/α-hetero) is 1. The van der Waals surface area contributed by atoms with Crippen molar-refractivity contribution in [2.75, 3.05) is 32.5 Å². The van der Waals surface area contributed by atoms with Gasteiger partial charge in [0, 0.05) is 36.1 Å². The van der Waals surface area contributed by atoms with E-state index >= 15 is 0 Å². The van der Waals surface area contributed by atoms with E-state index in [2.05, 4.69) is 15.6 Å². The molecule has 2 amide bonds. The molecule has 136 valence electrons. The average molecular weight is 354 g/mol. The van der Waals surface area contributed by atoms with Crippen LogP contribution in [0.4, 0.5) is 5.69 Å². The lowest BCUT2D eigenvalue weighted by atomic mass is 10.1.